The smallest absolute Gasteiger partial charge is 0.251 e. The number of hydrogen-bond acceptors (Lipinski definition) is 8. The van der Waals surface area contributed by atoms with Crippen LogP contribution in [0.2, 0.25) is 0 Å². The van der Waals surface area contributed by atoms with Crippen LogP contribution in [-0.4, -0.2) is 42.8 Å². The Balaban J connectivity index is 1.66. The number of thiazole rings is 1. The number of aromatic nitrogens is 3. The van der Waals surface area contributed by atoms with Crippen LogP contribution in [0, 0.1) is 6.92 Å². The van der Waals surface area contributed by atoms with Gasteiger partial charge in [-0.25, -0.2) is 13.4 Å². The molecular weight excluding hydrogens is 510 g/mol. The van der Waals surface area contributed by atoms with Gasteiger partial charge in [0.15, 0.2) is 0 Å². The van der Waals surface area contributed by atoms with Crippen LogP contribution in [0.25, 0.3) is 11.5 Å². The Morgan fingerprint density at radius 3 is 2.51 bits per heavy atom. The van der Waals surface area contributed by atoms with Gasteiger partial charge in [0, 0.05) is 34.7 Å². The van der Waals surface area contributed by atoms with E-state index in [1.807, 2.05) is 56.5 Å². The van der Waals surface area contributed by atoms with Crippen molar-refractivity contribution in [2.75, 3.05) is 17.6 Å². The Bertz CT molecular complexity index is 1510. The topological polar surface area (TPSA) is 118 Å². The normalized spacial score (nSPS) is 11.9. The number of rotatable bonds is 9. The molecule has 0 spiro atoms. The van der Waals surface area contributed by atoms with E-state index < -0.39 is 15.4 Å². The summed E-state index contributed by atoms with van der Waals surface area (Å²) in [6, 6.07) is 14.8. The first-order valence-corrected chi connectivity index (χ1v) is 14.3. The van der Waals surface area contributed by atoms with Gasteiger partial charge in [0.2, 0.25) is 21.8 Å². The number of aryl methyl sites for hydroxylation is 1. The number of hydrogen-bond donors (Lipinski definition) is 1. The number of carbonyl (C=O) groups excluding carboxylic acids is 1. The molecule has 4 rings (SSSR count). The molecule has 0 saturated heterocycles. The molecule has 2 aromatic heterocycles. The highest BCUT2D eigenvalue weighted by Gasteiger charge is 2.28. The summed E-state index contributed by atoms with van der Waals surface area (Å²) in [7, 11) is -2.15. The van der Waals surface area contributed by atoms with Crippen LogP contribution in [0.4, 0.5) is 5.69 Å². The van der Waals surface area contributed by atoms with E-state index in [0.717, 1.165) is 26.8 Å². The van der Waals surface area contributed by atoms with Gasteiger partial charge in [0.1, 0.15) is 5.01 Å². The maximum atomic E-state index is 13.0. The maximum Gasteiger partial charge on any atom is 0.251 e. The number of amides is 1. The van der Waals surface area contributed by atoms with Crippen LogP contribution in [0.1, 0.15) is 46.4 Å². The molecule has 0 aliphatic rings. The number of nitrogens with zero attached hydrogens (tertiary/aromatic N) is 4. The Hall–Kier alpha value is -3.57. The van der Waals surface area contributed by atoms with Crippen molar-refractivity contribution in [3.8, 4) is 11.5 Å². The van der Waals surface area contributed by atoms with E-state index in [0.29, 0.717) is 23.6 Å². The van der Waals surface area contributed by atoms with Crippen LogP contribution < -0.4 is 9.62 Å². The molecule has 4 aromatic rings. The third kappa shape index (κ3) is 6.41. The van der Waals surface area contributed by atoms with Crippen molar-refractivity contribution in [1.29, 1.82) is 0 Å². The molecule has 0 radical (unpaired) electrons. The summed E-state index contributed by atoms with van der Waals surface area (Å²) in [4.78, 5) is 17.4. The third-order valence-corrected chi connectivity index (χ3v) is 8.02. The van der Waals surface area contributed by atoms with Gasteiger partial charge in [-0.15, -0.1) is 21.5 Å². The van der Waals surface area contributed by atoms with Crippen molar-refractivity contribution >= 4 is 33.0 Å². The number of sulfonamides is 1. The molecule has 1 N–H and O–H groups in total. The van der Waals surface area contributed by atoms with Gasteiger partial charge < -0.3 is 9.73 Å². The minimum absolute atomic E-state index is 0.199. The molecule has 0 unspecified atom stereocenters. The highest BCUT2D eigenvalue weighted by Crippen LogP contribution is 2.31. The molecule has 0 aliphatic heterocycles. The quantitative estimate of drug-likeness (QED) is 0.336. The molecule has 0 fully saturated rings. The van der Waals surface area contributed by atoms with Gasteiger partial charge in [-0.3, -0.25) is 9.10 Å². The van der Waals surface area contributed by atoms with E-state index in [4.69, 9.17) is 4.42 Å². The highest BCUT2D eigenvalue weighted by atomic mass is 32.2. The van der Waals surface area contributed by atoms with E-state index >= 15 is 0 Å². The molecule has 37 heavy (non-hydrogen) atoms. The monoisotopic (exact) mass is 539 g/mol. The molecule has 0 atom stereocenters. The van der Waals surface area contributed by atoms with E-state index in [-0.39, 0.29) is 23.9 Å². The number of carbonyl (C=O) groups is 1. The number of benzene rings is 2. The average molecular weight is 540 g/mol. The molecule has 0 saturated carbocycles. The Morgan fingerprint density at radius 1 is 1.14 bits per heavy atom. The van der Waals surface area contributed by atoms with Crippen molar-refractivity contribution in [1.82, 2.24) is 20.5 Å². The Morgan fingerprint density at radius 2 is 1.86 bits per heavy atom. The first-order valence-electron chi connectivity index (χ1n) is 11.6. The molecule has 11 heteroatoms. The summed E-state index contributed by atoms with van der Waals surface area (Å²) in [5, 5.41) is 14.0. The number of nitrogens with one attached hydrogen (secondary N) is 1. The van der Waals surface area contributed by atoms with Crippen LogP contribution >= 0.6 is 11.3 Å². The lowest BCUT2D eigenvalue weighted by molar-refractivity contribution is 0.0951. The summed E-state index contributed by atoms with van der Waals surface area (Å²) >= 11 is 1.46. The summed E-state index contributed by atoms with van der Waals surface area (Å²) in [5.41, 5.74) is 2.59. The second-order valence-corrected chi connectivity index (χ2v) is 12.5. The molecule has 9 nitrogen and oxygen atoms in total. The first-order chi connectivity index (χ1) is 17.4. The minimum atomic E-state index is -3.58. The van der Waals surface area contributed by atoms with Gasteiger partial charge in [-0.2, -0.15) is 0 Å². The molecule has 1 amide bonds. The van der Waals surface area contributed by atoms with Crippen molar-refractivity contribution in [3.05, 3.63) is 81.6 Å². The zero-order chi connectivity index (χ0) is 26.8. The second kappa shape index (κ2) is 10.4. The van der Waals surface area contributed by atoms with Crippen molar-refractivity contribution in [2.24, 2.45) is 0 Å². The van der Waals surface area contributed by atoms with Crippen LogP contribution in [0.3, 0.4) is 0 Å². The summed E-state index contributed by atoms with van der Waals surface area (Å²) in [6.45, 7) is 6.18. The van der Waals surface area contributed by atoms with Gasteiger partial charge in [-0.05, 0) is 37.1 Å². The standard InChI is InChI=1S/C26H29N5O4S2/c1-17-16-36-22(28-17)15-27-23(32)19-11-20(13-21(12-19)31(4)37(5,33)34)24-29-30-25(35-24)26(2,3)14-18-9-7-6-8-10-18/h6-13,16H,14-15H2,1-5H3,(H,27,32). The predicted molar refractivity (Wildman–Crippen MR) is 144 cm³/mol. The van der Waals surface area contributed by atoms with Crippen LogP contribution in [0.15, 0.2) is 58.3 Å². The summed E-state index contributed by atoms with van der Waals surface area (Å²) < 4.78 is 31.7. The SMILES string of the molecule is Cc1csc(CNC(=O)c2cc(-c3nnc(C(C)(C)Cc4ccccc4)o3)cc(N(C)S(C)(=O)=O)c2)n1. The van der Waals surface area contributed by atoms with E-state index in [1.54, 1.807) is 12.1 Å². The Labute approximate surface area is 220 Å². The summed E-state index contributed by atoms with van der Waals surface area (Å²) in [5.74, 6) is 0.268. The molecule has 2 aromatic carbocycles. The van der Waals surface area contributed by atoms with Gasteiger partial charge >= 0.3 is 0 Å². The van der Waals surface area contributed by atoms with Crippen molar-refractivity contribution in [2.45, 2.75) is 39.2 Å². The third-order valence-electron chi connectivity index (χ3n) is 5.85. The molecule has 0 aliphatic carbocycles. The Kier molecular flexibility index (Phi) is 7.47. The van der Waals surface area contributed by atoms with E-state index in [2.05, 4.69) is 20.5 Å². The fourth-order valence-electron chi connectivity index (χ4n) is 3.78. The van der Waals surface area contributed by atoms with Crippen molar-refractivity contribution in [3.63, 3.8) is 0 Å². The zero-order valence-electron chi connectivity index (χ0n) is 21.3. The largest absolute Gasteiger partial charge is 0.420 e. The predicted octanol–water partition coefficient (Wildman–Crippen LogP) is 4.35. The molecule has 194 valence electrons. The van der Waals surface area contributed by atoms with E-state index in [1.165, 1.54) is 24.5 Å². The van der Waals surface area contributed by atoms with Crippen molar-refractivity contribution < 1.29 is 17.6 Å². The molecule has 2 heterocycles. The van der Waals surface area contributed by atoms with Gasteiger partial charge in [-0.1, -0.05) is 44.2 Å². The lowest BCUT2D eigenvalue weighted by Gasteiger charge is -2.20. The van der Waals surface area contributed by atoms with Crippen LogP contribution in [-0.2, 0) is 28.4 Å². The average Bonchev–Trinajstić information content (AvgIpc) is 3.51. The molecular formula is C26H29N5O4S2. The lowest BCUT2D eigenvalue weighted by Crippen LogP contribution is -2.26. The second-order valence-electron chi connectivity index (χ2n) is 9.52. The maximum absolute atomic E-state index is 13.0. The van der Waals surface area contributed by atoms with Gasteiger partial charge in [0.25, 0.3) is 5.91 Å². The summed E-state index contributed by atoms with van der Waals surface area (Å²) in [6.07, 6.45) is 1.79. The molecule has 0 bridgehead atoms. The first kappa shape index (κ1) is 26.5. The fraction of sp³-hybridized carbons (Fsp3) is 0.308. The highest BCUT2D eigenvalue weighted by molar-refractivity contribution is 7.92. The lowest BCUT2D eigenvalue weighted by atomic mass is 9.86. The van der Waals surface area contributed by atoms with Gasteiger partial charge in [0.05, 0.1) is 18.5 Å². The van der Waals surface area contributed by atoms with Crippen LogP contribution in [0.5, 0.6) is 0 Å². The fourth-order valence-corrected chi connectivity index (χ4v) is 4.98. The number of anilines is 1. The minimum Gasteiger partial charge on any atom is -0.420 e. The van der Waals surface area contributed by atoms with E-state index in [9.17, 15) is 13.2 Å². The zero-order valence-corrected chi connectivity index (χ0v) is 23.0.